The SMILES string of the molecule is COCOC1(c2ccc(B3OC(C)(C)C(C)(C)O3)cc2)CCC(OCOC)(c2ccc(B3OC(C)(C)C(C)(C)O3)cc2)CC1. The largest absolute Gasteiger partial charge is 0.494 e. The highest BCUT2D eigenvalue weighted by Crippen LogP contribution is 2.50. The third-order valence-corrected chi connectivity index (χ3v) is 10.7. The second-order valence-electron chi connectivity index (χ2n) is 14.5. The predicted octanol–water partition coefficient (Wildman–Crippen LogP) is 5.19. The van der Waals surface area contributed by atoms with Crippen LogP contribution in [0.5, 0.6) is 0 Å². The molecule has 44 heavy (non-hydrogen) atoms. The van der Waals surface area contributed by atoms with E-state index in [0.717, 1.165) is 47.7 Å². The lowest BCUT2D eigenvalue weighted by atomic mass is 9.69. The molecule has 0 atom stereocenters. The van der Waals surface area contributed by atoms with Gasteiger partial charge in [0.25, 0.3) is 0 Å². The summed E-state index contributed by atoms with van der Waals surface area (Å²) in [7, 11) is 2.50. The molecule has 3 fully saturated rings. The van der Waals surface area contributed by atoms with Crippen LogP contribution in [0, 0.1) is 0 Å². The van der Waals surface area contributed by atoms with Gasteiger partial charge in [-0.15, -0.1) is 0 Å². The van der Waals surface area contributed by atoms with Crippen molar-refractivity contribution in [3.8, 4) is 0 Å². The van der Waals surface area contributed by atoms with Crippen LogP contribution in [0.4, 0.5) is 0 Å². The molecule has 0 radical (unpaired) electrons. The zero-order valence-corrected chi connectivity index (χ0v) is 28.3. The summed E-state index contributed by atoms with van der Waals surface area (Å²) < 4.78 is 48.9. The van der Waals surface area contributed by atoms with E-state index in [0.29, 0.717) is 0 Å². The minimum atomic E-state index is -0.521. The summed E-state index contributed by atoms with van der Waals surface area (Å²) in [5, 5.41) is 0. The average molecular weight is 608 g/mol. The first-order valence-electron chi connectivity index (χ1n) is 15.8. The molecule has 2 heterocycles. The van der Waals surface area contributed by atoms with E-state index in [1.54, 1.807) is 14.2 Å². The van der Waals surface area contributed by atoms with Crippen molar-refractivity contribution in [2.24, 2.45) is 0 Å². The van der Waals surface area contributed by atoms with Gasteiger partial charge in [-0.25, -0.2) is 0 Å². The Morgan fingerprint density at radius 1 is 0.500 bits per heavy atom. The second kappa shape index (κ2) is 12.1. The summed E-state index contributed by atoms with van der Waals surface area (Å²) in [5.74, 6) is 0. The molecular weight excluding hydrogens is 558 g/mol. The standard InChI is InChI=1S/C34H50B2O8/c1-29(2)30(3,4)42-35(41-29)27-15-11-25(12-16-27)33(39-23-37-9)19-21-34(22-20-33,40-24-38-10)26-13-17-28(18-14-26)36-43-31(5,6)32(7,8)44-36/h11-18H,19-24H2,1-10H3. The second-order valence-corrected chi connectivity index (χ2v) is 14.5. The van der Waals surface area contributed by atoms with Crippen LogP contribution in [-0.4, -0.2) is 64.4 Å². The fourth-order valence-corrected chi connectivity index (χ4v) is 6.28. The van der Waals surface area contributed by atoms with Crippen LogP contribution in [0.15, 0.2) is 48.5 Å². The van der Waals surface area contributed by atoms with Crippen molar-refractivity contribution < 1.29 is 37.6 Å². The van der Waals surface area contributed by atoms with Crippen LogP contribution in [0.1, 0.15) is 92.2 Å². The van der Waals surface area contributed by atoms with Gasteiger partial charge in [0, 0.05) is 14.2 Å². The van der Waals surface area contributed by atoms with Crippen LogP contribution >= 0.6 is 0 Å². The number of ether oxygens (including phenoxy) is 4. The van der Waals surface area contributed by atoms with Crippen LogP contribution in [-0.2, 0) is 48.8 Å². The van der Waals surface area contributed by atoms with E-state index in [2.05, 4.69) is 104 Å². The van der Waals surface area contributed by atoms with Crippen molar-refractivity contribution in [3.63, 3.8) is 0 Å². The van der Waals surface area contributed by atoms with Gasteiger partial charge in [0.2, 0.25) is 0 Å². The first kappa shape index (κ1) is 33.6. The molecule has 0 amide bonds. The quantitative estimate of drug-likeness (QED) is 0.270. The Labute approximate surface area is 264 Å². The Bertz CT molecular complexity index is 1140. The van der Waals surface area contributed by atoms with Crippen LogP contribution < -0.4 is 10.9 Å². The van der Waals surface area contributed by atoms with Crippen LogP contribution in [0.3, 0.4) is 0 Å². The Hall–Kier alpha value is -1.75. The third-order valence-electron chi connectivity index (χ3n) is 10.7. The van der Waals surface area contributed by atoms with E-state index in [4.69, 9.17) is 37.6 Å². The molecule has 3 aliphatic rings. The summed E-state index contributed by atoms with van der Waals surface area (Å²) in [6.07, 6.45) is 2.98. The van der Waals surface area contributed by atoms with Gasteiger partial charge in [0.05, 0.1) is 33.6 Å². The van der Waals surface area contributed by atoms with E-state index < -0.39 is 47.8 Å². The molecule has 5 rings (SSSR count). The van der Waals surface area contributed by atoms with Crippen molar-refractivity contribution in [2.75, 3.05) is 27.8 Å². The normalized spacial score (nSPS) is 28.9. The first-order valence-corrected chi connectivity index (χ1v) is 15.8. The highest BCUT2D eigenvalue weighted by atomic mass is 16.7. The van der Waals surface area contributed by atoms with E-state index in [1.807, 2.05) is 0 Å². The number of methoxy groups -OCH3 is 2. The van der Waals surface area contributed by atoms with Gasteiger partial charge in [-0.05, 0) is 103 Å². The minimum Gasteiger partial charge on any atom is -0.399 e. The fourth-order valence-electron chi connectivity index (χ4n) is 6.28. The van der Waals surface area contributed by atoms with Crippen molar-refractivity contribution in [2.45, 2.75) is 115 Å². The van der Waals surface area contributed by atoms with Crippen molar-refractivity contribution >= 4 is 25.2 Å². The molecule has 0 aromatic heterocycles. The zero-order chi connectivity index (χ0) is 32.0. The average Bonchev–Trinajstić information content (AvgIpc) is 3.35. The maximum atomic E-state index is 6.49. The molecule has 2 saturated heterocycles. The third kappa shape index (κ3) is 6.17. The molecule has 2 aliphatic heterocycles. The van der Waals surface area contributed by atoms with Crippen LogP contribution in [0.25, 0.3) is 0 Å². The van der Waals surface area contributed by atoms with Gasteiger partial charge in [-0.1, -0.05) is 48.5 Å². The van der Waals surface area contributed by atoms with Crippen molar-refractivity contribution in [1.29, 1.82) is 0 Å². The zero-order valence-electron chi connectivity index (χ0n) is 28.3. The molecule has 2 aromatic rings. The molecule has 1 aliphatic carbocycles. The maximum absolute atomic E-state index is 6.49. The summed E-state index contributed by atoms with van der Waals surface area (Å²) in [4.78, 5) is 0. The summed E-state index contributed by atoms with van der Waals surface area (Å²) in [5.41, 5.74) is 1.58. The number of hydrogen-bond acceptors (Lipinski definition) is 8. The number of hydrogen-bond donors (Lipinski definition) is 0. The Kier molecular flexibility index (Phi) is 9.26. The van der Waals surface area contributed by atoms with Gasteiger partial charge in [-0.3, -0.25) is 0 Å². The summed E-state index contributed by atoms with van der Waals surface area (Å²) >= 11 is 0. The fraction of sp³-hybridized carbons (Fsp3) is 0.647. The molecule has 0 N–H and O–H groups in total. The predicted molar refractivity (Wildman–Crippen MR) is 172 cm³/mol. The Morgan fingerprint density at radius 2 is 0.773 bits per heavy atom. The molecule has 10 heteroatoms. The Balaban J connectivity index is 1.36. The van der Waals surface area contributed by atoms with Crippen molar-refractivity contribution in [3.05, 3.63) is 59.7 Å². The number of rotatable bonds is 10. The lowest BCUT2D eigenvalue weighted by Crippen LogP contribution is -2.44. The summed E-state index contributed by atoms with van der Waals surface area (Å²) in [6.45, 7) is 17.0. The van der Waals surface area contributed by atoms with E-state index in [-0.39, 0.29) is 13.6 Å². The number of benzene rings is 2. The highest BCUT2D eigenvalue weighted by molar-refractivity contribution is 6.62. The monoisotopic (exact) mass is 608 g/mol. The summed E-state index contributed by atoms with van der Waals surface area (Å²) in [6, 6.07) is 16.9. The van der Waals surface area contributed by atoms with E-state index in [1.165, 1.54) is 0 Å². The Morgan fingerprint density at radius 3 is 1.02 bits per heavy atom. The molecule has 240 valence electrons. The molecular formula is C34H50B2O8. The highest BCUT2D eigenvalue weighted by Gasteiger charge is 2.53. The maximum Gasteiger partial charge on any atom is 0.494 e. The molecule has 0 spiro atoms. The van der Waals surface area contributed by atoms with E-state index >= 15 is 0 Å². The van der Waals surface area contributed by atoms with Crippen molar-refractivity contribution in [1.82, 2.24) is 0 Å². The van der Waals surface area contributed by atoms with E-state index in [9.17, 15) is 0 Å². The first-order chi connectivity index (χ1) is 20.6. The molecule has 1 saturated carbocycles. The van der Waals surface area contributed by atoms with Gasteiger partial charge in [0.15, 0.2) is 0 Å². The van der Waals surface area contributed by atoms with Gasteiger partial charge in [0.1, 0.15) is 13.6 Å². The molecule has 2 aromatic carbocycles. The lowest BCUT2D eigenvalue weighted by Gasteiger charge is -2.46. The molecule has 8 nitrogen and oxygen atoms in total. The molecule has 0 bridgehead atoms. The van der Waals surface area contributed by atoms with Gasteiger partial charge >= 0.3 is 14.2 Å². The van der Waals surface area contributed by atoms with Gasteiger partial charge in [-0.2, -0.15) is 0 Å². The minimum absolute atomic E-state index is 0.202. The lowest BCUT2D eigenvalue weighted by molar-refractivity contribution is -0.203. The van der Waals surface area contributed by atoms with Gasteiger partial charge < -0.3 is 37.6 Å². The van der Waals surface area contributed by atoms with Crippen LogP contribution in [0.2, 0.25) is 0 Å². The molecule has 0 unspecified atom stereocenters. The topological polar surface area (TPSA) is 73.8 Å². The smallest absolute Gasteiger partial charge is 0.399 e.